The molecule has 0 heterocycles. The molecule has 0 saturated carbocycles. The second-order valence-corrected chi connectivity index (χ2v) is 5.83. The summed E-state index contributed by atoms with van der Waals surface area (Å²) in [5.74, 6) is -20.6. The number of halogens is 10. The molecule has 3 aromatic carbocycles. The lowest BCUT2D eigenvalue weighted by Gasteiger charge is -2.20. The molecule has 0 fully saturated rings. The Morgan fingerprint density at radius 2 is 0.724 bits per heavy atom. The second kappa shape index (κ2) is 7.45. The predicted octanol–water partition coefficient (Wildman–Crippen LogP) is 3.59. The van der Waals surface area contributed by atoms with Gasteiger partial charge < -0.3 is 0 Å². The Bertz CT molecular complexity index is 992. The van der Waals surface area contributed by atoms with E-state index in [4.69, 9.17) is 0 Å². The van der Waals surface area contributed by atoms with Crippen LogP contribution in [-0.2, 0) is 0 Å². The number of hydrogen-bond acceptors (Lipinski definition) is 0. The third-order valence-corrected chi connectivity index (χ3v) is 4.16. The van der Waals surface area contributed by atoms with Crippen LogP contribution in [0.4, 0.5) is 43.9 Å². The minimum Gasteiger partial charge on any atom is -0.207 e. The van der Waals surface area contributed by atoms with E-state index < -0.39 is 81.3 Å². The fourth-order valence-electron chi connectivity index (χ4n) is 2.91. The summed E-state index contributed by atoms with van der Waals surface area (Å²) in [6.07, 6.45) is 0. The van der Waals surface area contributed by atoms with Crippen LogP contribution in [0.5, 0.6) is 0 Å². The highest BCUT2D eigenvalue weighted by Crippen LogP contribution is 2.17. The van der Waals surface area contributed by atoms with Gasteiger partial charge in [-0.2, -0.15) is 0 Å². The zero-order valence-corrected chi connectivity index (χ0v) is 13.7. The van der Waals surface area contributed by atoms with Crippen LogP contribution in [-0.4, -0.2) is 6.71 Å². The molecule has 0 unspecified atom stereocenters. The van der Waals surface area contributed by atoms with Crippen LogP contribution in [0.2, 0.25) is 0 Å². The highest BCUT2D eigenvalue weighted by atomic mass is 19.2. The van der Waals surface area contributed by atoms with Gasteiger partial charge in [0.1, 0.15) is 11.6 Å². The van der Waals surface area contributed by atoms with Crippen molar-refractivity contribution in [2.24, 2.45) is 0 Å². The average molecular weight is 422 g/mol. The average Bonchev–Trinajstić information content (AvgIpc) is 2.64. The van der Waals surface area contributed by atoms with Crippen molar-refractivity contribution >= 4 is 23.1 Å². The van der Waals surface area contributed by atoms with E-state index in [1.807, 2.05) is 0 Å². The summed E-state index contributed by atoms with van der Waals surface area (Å²) < 4.78 is 141. The van der Waals surface area contributed by atoms with Gasteiger partial charge in [-0.25, -0.2) is 43.9 Å². The summed E-state index contributed by atoms with van der Waals surface area (Å²) in [6.45, 7) is -2.95. The summed E-state index contributed by atoms with van der Waals surface area (Å²) >= 11 is 0. The maximum absolute atomic E-state index is 14.3. The van der Waals surface area contributed by atoms with Gasteiger partial charge in [-0.1, -0.05) is 6.07 Å². The predicted molar refractivity (Wildman–Crippen MR) is 83.6 cm³/mol. The normalized spacial score (nSPS) is 11.1. The molecule has 0 aliphatic rings. The smallest absolute Gasteiger partial charge is 0.207 e. The first kappa shape index (κ1) is 20.8. The molecule has 11 heteroatoms. The molecule has 3 aromatic rings. The monoisotopic (exact) mass is 422 g/mol. The number of benzene rings is 3. The third kappa shape index (κ3) is 3.34. The lowest BCUT2D eigenvalue weighted by molar-refractivity contribution is 0.459. The van der Waals surface area contributed by atoms with Crippen LogP contribution in [0.15, 0.2) is 30.3 Å². The Balaban J connectivity index is 2.55. The van der Waals surface area contributed by atoms with Crippen LogP contribution in [0, 0.1) is 58.2 Å². The summed E-state index contributed by atoms with van der Waals surface area (Å²) in [6, 6.07) is 1.25. The van der Waals surface area contributed by atoms with Gasteiger partial charge >= 0.3 is 0 Å². The van der Waals surface area contributed by atoms with Gasteiger partial charge in [0, 0.05) is 28.5 Å². The fourth-order valence-corrected chi connectivity index (χ4v) is 2.91. The first-order valence-corrected chi connectivity index (χ1v) is 7.65. The Hall–Kier alpha value is -2.98. The zero-order chi connectivity index (χ0) is 21.6. The van der Waals surface area contributed by atoms with Crippen molar-refractivity contribution in [2.75, 3.05) is 0 Å². The molecule has 3 rings (SSSR count). The Morgan fingerprint density at radius 3 is 1.03 bits per heavy atom. The minimum absolute atomic E-state index is 0.262. The van der Waals surface area contributed by atoms with E-state index in [9.17, 15) is 43.9 Å². The van der Waals surface area contributed by atoms with Gasteiger partial charge in [0.2, 0.25) is 0 Å². The van der Waals surface area contributed by atoms with Crippen molar-refractivity contribution in [2.45, 2.75) is 0 Å². The molecule has 0 nitrogen and oxygen atoms in total. The molecule has 0 radical (unpaired) electrons. The lowest BCUT2D eigenvalue weighted by atomic mass is 9.36. The SMILES string of the molecule is Fc1cc(F)c(F)c(B(c2c(F)cccc2F)c2c(F)c(F)cc(F)c2F)c1F. The Kier molecular flexibility index (Phi) is 5.33. The lowest BCUT2D eigenvalue weighted by Crippen LogP contribution is -2.59. The quantitative estimate of drug-likeness (QED) is 0.344. The Labute approximate surface area is 156 Å². The van der Waals surface area contributed by atoms with Gasteiger partial charge in [-0.15, -0.1) is 0 Å². The maximum atomic E-state index is 14.3. The highest BCUT2D eigenvalue weighted by molar-refractivity contribution is 6.95. The van der Waals surface area contributed by atoms with E-state index in [0.717, 1.165) is 6.07 Å². The number of rotatable bonds is 3. The van der Waals surface area contributed by atoms with E-state index >= 15 is 0 Å². The van der Waals surface area contributed by atoms with Crippen LogP contribution >= 0.6 is 0 Å². The van der Waals surface area contributed by atoms with Crippen LogP contribution in [0.3, 0.4) is 0 Å². The molecular formula is C18H5BF10. The van der Waals surface area contributed by atoms with Crippen LogP contribution in [0.25, 0.3) is 0 Å². The molecule has 150 valence electrons. The van der Waals surface area contributed by atoms with Gasteiger partial charge in [0.15, 0.2) is 46.5 Å². The van der Waals surface area contributed by atoms with Gasteiger partial charge in [0.05, 0.1) is 0 Å². The molecule has 0 aliphatic carbocycles. The van der Waals surface area contributed by atoms with Gasteiger partial charge in [-0.05, 0) is 12.1 Å². The standard InChI is InChI=1S/C18H5BF10/c20-6-2-1-3-7(21)12(6)19(13-15(26)8(22)4-9(23)16(13)27)14-17(28)10(24)5-11(25)18(14)29/h1-5H. The molecule has 0 aliphatic heterocycles. The molecule has 29 heavy (non-hydrogen) atoms. The molecule has 0 spiro atoms. The fraction of sp³-hybridized carbons (Fsp3) is 0. The topological polar surface area (TPSA) is 0 Å². The van der Waals surface area contributed by atoms with Crippen LogP contribution in [0.1, 0.15) is 0 Å². The summed E-state index contributed by atoms with van der Waals surface area (Å²) in [5.41, 5.74) is -5.25. The summed E-state index contributed by atoms with van der Waals surface area (Å²) in [4.78, 5) is 0. The maximum Gasteiger partial charge on any atom is 0.264 e. The molecular weight excluding hydrogens is 417 g/mol. The highest BCUT2D eigenvalue weighted by Gasteiger charge is 2.40. The molecule has 0 bridgehead atoms. The summed E-state index contributed by atoms with van der Waals surface area (Å²) in [7, 11) is 0. The minimum atomic E-state index is -2.95. The van der Waals surface area contributed by atoms with E-state index in [1.165, 1.54) is 0 Å². The van der Waals surface area contributed by atoms with E-state index in [2.05, 4.69) is 0 Å². The third-order valence-electron chi connectivity index (χ3n) is 4.16. The van der Waals surface area contributed by atoms with Crippen molar-refractivity contribution in [1.29, 1.82) is 0 Å². The zero-order valence-electron chi connectivity index (χ0n) is 13.7. The van der Waals surface area contributed by atoms with E-state index in [1.54, 1.807) is 0 Å². The van der Waals surface area contributed by atoms with E-state index in [0.29, 0.717) is 12.1 Å². The first-order chi connectivity index (χ1) is 13.6. The molecule has 0 N–H and O–H groups in total. The van der Waals surface area contributed by atoms with Gasteiger partial charge in [0.25, 0.3) is 6.71 Å². The molecule has 0 aromatic heterocycles. The molecule has 0 saturated heterocycles. The first-order valence-electron chi connectivity index (χ1n) is 7.65. The Morgan fingerprint density at radius 1 is 0.414 bits per heavy atom. The molecule has 0 atom stereocenters. The summed E-state index contributed by atoms with van der Waals surface area (Å²) in [5, 5.41) is 0. The van der Waals surface area contributed by atoms with Crippen molar-refractivity contribution in [3.8, 4) is 0 Å². The van der Waals surface area contributed by atoms with E-state index in [-0.39, 0.29) is 12.1 Å². The van der Waals surface area contributed by atoms with Crippen molar-refractivity contribution < 1.29 is 43.9 Å². The van der Waals surface area contributed by atoms with Gasteiger partial charge in [-0.3, -0.25) is 0 Å². The number of hydrogen-bond donors (Lipinski definition) is 0. The second-order valence-electron chi connectivity index (χ2n) is 5.83. The molecule has 0 amide bonds. The largest absolute Gasteiger partial charge is 0.264 e. The van der Waals surface area contributed by atoms with Crippen molar-refractivity contribution in [1.82, 2.24) is 0 Å². The van der Waals surface area contributed by atoms with Crippen LogP contribution < -0.4 is 16.4 Å². The van der Waals surface area contributed by atoms with Crippen molar-refractivity contribution in [3.63, 3.8) is 0 Å². The van der Waals surface area contributed by atoms with Crippen molar-refractivity contribution in [3.05, 3.63) is 88.5 Å².